The monoisotopic (exact) mass is 400 g/mol. The van der Waals surface area contributed by atoms with Crippen molar-refractivity contribution in [2.45, 2.75) is 45.4 Å². The van der Waals surface area contributed by atoms with Gasteiger partial charge >= 0.3 is 0 Å². The van der Waals surface area contributed by atoms with Crippen LogP contribution in [0.5, 0.6) is 0 Å². The van der Waals surface area contributed by atoms with Crippen LogP contribution in [0.3, 0.4) is 0 Å². The van der Waals surface area contributed by atoms with Crippen LogP contribution in [-0.4, -0.2) is 0 Å². The predicted molar refractivity (Wildman–Crippen MR) is 132 cm³/mol. The molecule has 4 aromatic rings. The summed E-state index contributed by atoms with van der Waals surface area (Å²) in [4.78, 5) is 0. The molecule has 2 aliphatic rings. The van der Waals surface area contributed by atoms with Crippen molar-refractivity contribution in [2.24, 2.45) is 0 Å². The lowest BCUT2D eigenvalue weighted by molar-refractivity contribution is 0.659. The van der Waals surface area contributed by atoms with Crippen LogP contribution in [0.1, 0.15) is 55.5 Å². The molecule has 0 N–H and O–H groups in total. The molecule has 0 heterocycles. The Morgan fingerprint density at radius 1 is 0.484 bits per heavy atom. The van der Waals surface area contributed by atoms with E-state index in [-0.39, 0.29) is 10.8 Å². The highest BCUT2D eigenvalue weighted by molar-refractivity contribution is 5.94. The Balaban J connectivity index is 1.59. The van der Waals surface area contributed by atoms with Gasteiger partial charge in [-0.05, 0) is 68.6 Å². The van der Waals surface area contributed by atoms with E-state index >= 15 is 0 Å². The summed E-state index contributed by atoms with van der Waals surface area (Å²) >= 11 is 0. The van der Waals surface area contributed by atoms with Crippen LogP contribution >= 0.6 is 0 Å². The van der Waals surface area contributed by atoms with Crippen LogP contribution in [0, 0.1) is 6.92 Å². The molecule has 6 rings (SSSR count). The van der Waals surface area contributed by atoms with Gasteiger partial charge in [-0.1, -0.05) is 106 Å². The Labute approximate surface area is 185 Å². The van der Waals surface area contributed by atoms with Gasteiger partial charge in [0.2, 0.25) is 0 Å². The summed E-state index contributed by atoms with van der Waals surface area (Å²) in [6, 6.07) is 29.8. The Morgan fingerprint density at radius 2 is 1.10 bits per heavy atom. The molecule has 0 aromatic heterocycles. The second-order valence-corrected chi connectivity index (χ2v) is 10.3. The Hall–Kier alpha value is -3.12. The highest BCUT2D eigenvalue weighted by Gasteiger charge is 2.38. The maximum atomic E-state index is 2.45. The van der Waals surface area contributed by atoms with Crippen molar-refractivity contribution in [3.05, 3.63) is 107 Å². The summed E-state index contributed by atoms with van der Waals surface area (Å²) in [6.07, 6.45) is 0. The molecule has 0 radical (unpaired) electrons. The number of fused-ring (bicyclic) bond motifs is 6. The van der Waals surface area contributed by atoms with Gasteiger partial charge in [0.05, 0.1) is 0 Å². The first kappa shape index (κ1) is 18.6. The molecule has 152 valence electrons. The van der Waals surface area contributed by atoms with E-state index in [0.29, 0.717) is 0 Å². The Bertz CT molecular complexity index is 1380. The average Bonchev–Trinajstić information content (AvgIpc) is 3.13. The molecule has 0 aliphatic heterocycles. The fourth-order valence-corrected chi connectivity index (χ4v) is 6.01. The van der Waals surface area contributed by atoms with Crippen LogP contribution in [0.25, 0.3) is 33.4 Å². The zero-order chi connectivity index (χ0) is 21.5. The molecule has 0 unspecified atom stereocenters. The van der Waals surface area contributed by atoms with E-state index in [9.17, 15) is 0 Å². The molecular formula is C31H28. The van der Waals surface area contributed by atoms with E-state index in [0.717, 1.165) is 0 Å². The Morgan fingerprint density at radius 3 is 1.90 bits per heavy atom. The number of benzene rings is 4. The third-order valence-electron chi connectivity index (χ3n) is 7.75. The third-order valence-corrected chi connectivity index (χ3v) is 7.75. The standard InChI is InChI=1S/C31H28/c1-19-13-15-22-23-16-14-20(18-28(23)31(4,5)27(22)17-19)21-10-8-12-26-29(21)24-9-6-7-11-25(24)30(26,2)3/h6-18H,1-5H3. The van der Waals surface area contributed by atoms with E-state index < -0.39 is 0 Å². The molecule has 31 heavy (non-hydrogen) atoms. The molecule has 2 aliphatic carbocycles. The van der Waals surface area contributed by atoms with Crippen LogP contribution in [0.15, 0.2) is 78.9 Å². The van der Waals surface area contributed by atoms with E-state index in [4.69, 9.17) is 0 Å². The molecule has 0 saturated carbocycles. The van der Waals surface area contributed by atoms with E-state index in [1.807, 2.05) is 0 Å². The molecule has 0 amide bonds. The second kappa shape index (κ2) is 5.98. The lowest BCUT2D eigenvalue weighted by Crippen LogP contribution is -2.15. The molecule has 0 saturated heterocycles. The molecule has 0 nitrogen and oxygen atoms in total. The first-order chi connectivity index (χ1) is 14.8. The average molecular weight is 401 g/mol. The Kier molecular flexibility index (Phi) is 3.59. The minimum atomic E-state index is 0.0157. The summed E-state index contributed by atoms with van der Waals surface area (Å²) in [5, 5.41) is 0. The first-order valence-corrected chi connectivity index (χ1v) is 11.3. The van der Waals surface area contributed by atoms with Crippen molar-refractivity contribution in [1.29, 1.82) is 0 Å². The van der Waals surface area contributed by atoms with Gasteiger partial charge in [-0.3, -0.25) is 0 Å². The van der Waals surface area contributed by atoms with Crippen molar-refractivity contribution >= 4 is 0 Å². The number of hydrogen-bond donors (Lipinski definition) is 0. The molecule has 4 aromatic carbocycles. The van der Waals surface area contributed by atoms with Gasteiger partial charge in [0, 0.05) is 10.8 Å². The van der Waals surface area contributed by atoms with Crippen LogP contribution in [-0.2, 0) is 10.8 Å². The number of aryl methyl sites for hydroxylation is 1. The minimum absolute atomic E-state index is 0.0157. The van der Waals surface area contributed by atoms with Crippen molar-refractivity contribution in [3.63, 3.8) is 0 Å². The van der Waals surface area contributed by atoms with Crippen molar-refractivity contribution < 1.29 is 0 Å². The summed E-state index contributed by atoms with van der Waals surface area (Å²) in [7, 11) is 0. The van der Waals surface area contributed by atoms with Gasteiger partial charge in [-0.2, -0.15) is 0 Å². The normalized spacial score (nSPS) is 16.4. The molecule has 0 atom stereocenters. The maximum Gasteiger partial charge on any atom is 0.0159 e. The molecule has 0 heteroatoms. The number of rotatable bonds is 1. The zero-order valence-electron chi connectivity index (χ0n) is 19.0. The molecule has 0 spiro atoms. The minimum Gasteiger partial charge on any atom is -0.0619 e. The second-order valence-electron chi connectivity index (χ2n) is 10.3. The SMILES string of the molecule is Cc1ccc2c(c1)C(C)(C)c1cc(-c3cccc4c3-c3ccccc3C4(C)C)ccc1-2. The van der Waals surface area contributed by atoms with Crippen LogP contribution < -0.4 is 0 Å². The predicted octanol–water partition coefficient (Wildman–Crippen LogP) is 8.27. The third kappa shape index (κ3) is 2.36. The van der Waals surface area contributed by atoms with Gasteiger partial charge in [0.1, 0.15) is 0 Å². The largest absolute Gasteiger partial charge is 0.0619 e. The van der Waals surface area contributed by atoms with Gasteiger partial charge in [0.15, 0.2) is 0 Å². The highest BCUT2D eigenvalue weighted by atomic mass is 14.4. The quantitative estimate of drug-likeness (QED) is 0.301. The maximum absolute atomic E-state index is 2.45. The fraction of sp³-hybridized carbons (Fsp3) is 0.226. The lowest BCUT2D eigenvalue weighted by Gasteiger charge is -2.23. The molecular weight excluding hydrogens is 372 g/mol. The van der Waals surface area contributed by atoms with Crippen molar-refractivity contribution in [1.82, 2.24) is 0 Å². The lowest BCUT2D eigenvalue weighted by atomic mass is 9.80. The zero-order valence-corrected chi connectivity index (χ0v) is 19.0. The fourth-order valence-electron chi connectivity index (χ4n) is 6.01. The molecule has 0 bridgehead atoms. The van der Waals surface area contributed by atoms with Gasteiger partial charge < -0.3 is 0 Å². The van der Waals surface area contributed by atoms with Crippen molar-refractivity contribution in [3.8, 4) is 33.4 Å². The van der Waals surface area contributed by atoms with E-state index in [1.165, 1.54) is 61.2 Å². The number of hydrogen-bond acceptors (Lipinski definition) is 0. The topological polar surface area (TPSA) is 0 Å². The summed E-state index contributed by atoms with van der Waals surface area (Å²) in [5.74, 6) is 0. The summed E-state index contributed by atoms with van der Waals surface area (Å²) in [5.41, 5.74) is 15.4. The summed E-state index contributed by atoms with van der Waals surface area (Å²) in [6.45, 7) is 11.6. The summed E-state index contributed by atoms with van der Waals surface area (Å²) < 4.78 is 0. The smallest absolute Gasteiger partial charge is 0.0159 e. The first-order valence-electron chi connectivity index (χ1n) is 11.3. The van der Waals surface area contributed by atoms with Crippen LogP contribution in [0.4, 0.5) is 0 Å². The van der Waals surface area contributed by atoms with Gasteiger partial charge in [-0.25, -0.2) is 0 Å². The van der Waals surface area contributed by atoms with Crippen molar-refractivity contribution in [2.75, 3.05) is 0 Å². The molecule has 0 fully saturated rings. The van der Waals surface area contributed by atoms with E-state index in [2.05, 4.69) is 113 Å². The van der Waals surface area contributed by atoms with Gasteiger partial charge in [-0.15, -0.1) is 0 Å². The van der Waals surface area contributed by atoms with Gasteiger partial charge in [0.25, 0.3) is 0 Å². The van der Waals surface area contributed by atoms with E-state index in [1.54, 1.807) is 0 Å². The highest BCUT2D eigenvalue weighted by Crippen LogP contribution is 2.54. The van der Waals surface area contributed by atoms with Crippen LogP contribution in [0.2, 0.25) is 0 Å².